The van der Waals surface area contributed by atoms with E-state index in [0.29, 0.717) is 10.8 Å². The quantitative estimate of drug-likeness (QED) is 0.770. The number of fused-ring (bicyclic) bond motifs is 1. The molecule has 0 fully saturated rings. The van der Waals surface area contributed by atoms with Gasteiger partial charge in [-0.1, -0.05) is 52.0 Å². The Labute approximate surface area is 130 Å². The second-order valence-corrected chi connectivity index (χ2v) is 7.82. The molecule has 0 bridgehead atoms. The molecule has 2 rings (SSSR count). The molecule has 1 nitrogen and oxygen atoms in total. The topological polar surface area (TPSA) is 12.0 Å². The minimum atomic E-state index is 0.298. The molecule has 21 heavy (non-hydrogen) atoms. The molecule has 0 radical (unpaired) electrons. The molecule has 1 N–H and O–H groups in total. The summed E-state index contributed by atoms with van der Waals surface area (Å²) >= 11 is 0. The van der Waals surface area contributed by atoms with E-state index in [9.17, 15) is 0 Å². The van der Waals surface area contributed by atoms with Gasteiger partial charge in [0.2, 0.25) is 0 Å². The summed E-state index contributed by atoms with van der Waals surface area (Å²) in [7, 11) is 2.00. The van der Waals surface area contributed by atoms with Crippen molar-refractivity contribution in [2.75, 3.05) is 13.6 Å². The molecular formula is C20H31N. The zero-order valence-corrected chi connectivity index (χ0v) is 14.6. The van der Waals surface area contributed by atoms with Crippen LogP contribution in [0.25, 0.3) is 6.08 Å². The lowest BCUT2D eigenvalue weighted by molar-refractivity contribution is 0.331. The highest BCUT2D eigenvalue weighted by molar-refractivity contribution is 5.59. The smallest absolute Gasteiger partial charge is 0.00172 e. The predicted octanol–water partition coefficient (Wildman–Crippen LogP) is 4.97. The maximum atomic E-state index is 3.19. The molecule has 1 aliphatic carbocycles. The van der Waals surface area contributed by atoms with Gasteiger partial charge in [-0.25, -0.2) is 0 Å². The number of aryl methyl sites for hydroxylation is 1. The van der Waals surface area contributed by atoms with Crippen molar-refractivity contribution in [1.82, 2.24) is 5.32 Å². The largest absolute Gasteiger partial charge is 0.319 e. The Hall–Kier alpha value is -1.08. The third-order valence-corrected chi connectivity index (χ3v) is 5.10. The summed E-state index contributed by atoms with van der Waals surface area (Å²) in [5.41, 5.74) is 6.51. The SMILES string of the molecule is CNCCC=Cc1cc2c(cc1C)C(C)(C)CCC2(C)C. The fraction of sp³-hybridized carbons (Fsp3) is 0.600. The van der Waals surface area contributed by atoms with E-state index in [4.69, 9.17) is 0 Å². The van der Waals surface area contributed by atoms with Gasteiger partial charge in [-0.15, -0.1) is 0 Å². The van der Waals surface area contributed by atoms with Gasteiger partial charge >= 0.3 is 0 Å². The molecule has 0 aromatic heterocycles. The Bertz CT molecular complexity index is 535. The molecule has 1 heteroatoms. The fourth-order valence-corrected chi connectivity index (χ4v) is 3.36. The highest BCUT2D eigenvalue weighted by Crippen LogP contribution is 2.46. The molecule has 0 atom stereocenters. The van der Waals surface area contributed by atoms with Gasteiger partial charge in [0.15, 0.2) is 0 Å². The molecule has 0 saturated carbocycles. The van der Waals surface area contributed by atoms with Crippen LogP contribution in [0.2, 0.25) is 0 Å². The average Bonchev–Trinajstić information content (AvgIpc) is 2.41. The molecule has 0 saturated heterocycles. The molecule has 0 amide bonds. The van der Waals surface area contributed by atoms with Crippen LogP contribution in [-0.2, 0) is 10.8 Å². The van der Waals surface area contributed by atoms with E-state index in [1.807, 2.05) is 7.05 Å². The second-order valence-electron chi connectivity index (χ2n) is 7.82. The Kier molecular flexibility index (Phi) is 4.63. The summed E-state index contributed by atoms with van der Waals surface area (Å²) in [6.45, 7) is 12.9. The Morgan fingerprint density at radius 3 is 2.19 bits per heavy atom. The Morgan fingerprint density at radius 2 is 1.62 bits per heavy atom. The van der Waals surface area contributed by atoms with Gasteiger partial charge in [0.1, 0.15) is 0 Å². The first-order valence-corrected chi connectivity index (χ1v) is 8.25. The highest BCUT2D eigenvalue weighted by Gasteiger charge is 2.37. The lowest BCUT2D eigenvalue weighted by Gasteiger charge is -2.42. The molecule has 1 aromatic rings. The maximum absolute atomic E-state index is 3.19. The van der Waals surface area contributed by atoms with E-state index < -0.39 is 0 Å². The molecule has 1 aliphatic rings. The molecule has 1 aromatic carbocycles. The van der Waals surface area contributed by atoms with E-state index in [1.54, 1.807) is 11.1 Å². The van der Waals surface area contributed by atoms with Crippen LogP contribution in [-0.4, -0.2) is 13.6 Å². The van der Waals surface area contributed by atoms with Gasteiger partial charge in [-0.2, -0.15) is 0 Å². The van der Waals surface area contributed by atoms with E-state index in [-0.39, 0.29) is 0 Å². The second kappa shape index (κ2) is 5.96. The summed E-state index contributed by atoms with van der Waals surface area (Å²) in [4.78, 5) is 0. The number of rotatable bonds is 4. The third-order valence-electron chi connectivity index (χ3n) is 5.10. The summed E-state index contributed by atoms with van der Waals surface area (Å²) in [5, 5.41) is 3.19. The average molecular weight is 285 g/mol. The van der Waals surface area contributed by atoms with Crippen LogP contribution in [0.15, 0.2) is 18.2 Å². The predicted molar refractivity (Wildman–Crippen MR) is 94.0 cm³/mol. The van der Waals surface area contributed by atoms with Crippen molar-refractivity contribution in [1.29, 1.82) is 0 Å². The first-order valence-electron chi connectivity index (χ1n) is 8.25. The molecule has 0 spiro atoms. The summed E-state index contributed by atoms with van der Waals surface area (Å²) in [5.74, 6) is 0. The van der Waals surface area contributed by atoms with Crippen LogP contribution < -0.4 is 5.32 Å². The number of nitrogens with one attached hydrogen (secondary N) is 1. The van der Waals surface area contributed by atoms with Gasteiger partial charge in [0.25, 0.3) is 0 Å². The monoisotopic (exact) mass is 285 g/mol. The molecule has 0 heterocycles. The van der Waals surface area contributed by atoms with Crippen molar-refractivity contribution in [2.24, 2.45) is 0 Å². The van der Waals surface area contributed by atoms with Crippen molar-refractivity contribution in [3.05, 3.63) is 40.5 Å². The van der Waals surface area contributed by atoms with E-state index in [1.165, 1.54) is 24.0 Å². The minimum absolute atomic E-state index is 0.298. The zero-order chi connectivity index (χ0) is 15.7. The fourth-order valence-electron chi connectivity index (χ4n) is 3.36. The van der Waals surface area contributed by atoms with Gasteiger partial charge in [-0.05, 0) is 72.9 Å². The van der Waals surface area contributed by atoms with Crippen LogP contribution in [0.1, 0.15) is 69.2 Å². The van der Waals surface area contributed by atoms with Crippen molar-refractivity contribution in [2.45, 2.75) is 64.7 Å². The number of hydrogen-bond donors (Lipinski definition) is 1. The van der Waals surface area contributed by atoms with Crippen molar-refractivity contribution in [3.63, 3.8) is 0 Å². The van der Waals surface area contributed by atoms with Crippen LogP contribution in [0.5, 0.6) is 0 Å². The first kappa shape index (κ1) is 16.3. The lowest BCUT2D eigenvalue weighted by atomic mass is 9.62. The van der Waals surface area contributed by atoms with Gasteiger partial charge < -0.3 is 5.32 Å². The minimum Gasteiger partial charge on any atom is -0.319 e. The van der Waals surface area contributed by atoms with Gasteiger partial charge in [-0.3, -0.25) is 0 Å². The Balaban J connectivity index is 2.42. The lowest BCUT2D eigenvalue weighted by Crippen LogP contribution is -2.34. The molecule has 116 valence electrons. The zero-order valence-electron chi connectivity index (χ0n) is 14.6. The van der Waals surface area contributed by atoms with Crippen molar-refractivity contribution >= 4 is 6.08 Å². The molecule has 0 unspecified atom stereocenters. The normalized spacial score (nSPS) is 19.7. The van der Waals surface area contributed by atoms with Crippen LogP contribution in [0, 0.1) is 6.92 Å². The standard InChI is InChI=1S/C20H31N/c1-15-13-17-18(14-16(15)9-7-8-12-21-6)20(4,5)11-10-19(17,2)3/h7,9,13-14,21H,8,10-12H2,1-6H3. The van der Waals surface area contributed by atoms with Crippen LogP contribution in [0.3, 0.4) is 0 Å². The van der Waals surface area contributed by atoms with E-state index in [2.05, 4.69) is 64.2 Å². The third kappa shape index (κ3) is 3.40. The molecule has 0 aliphatic heterocycles. The summed E-state index contributed by atoms with van der Waals surface area (Å²) < 4.78 is 0. The van der Waals surface area contributed by atoms with E-state index >= 15 is 0 Å². The first-order chi connectivity index (χ1) is 9.78. The summed E-state index contributed by atoms with van der Waals surface area (Å²) in [6.07, 6.45) is 8.22. The van der Waals surface area contributed by atoms with Crippen LogP contribution in [0.4, 0.5) is 0 Å². The van der Waals surface area contributed by atoms with Gasteiger partial charge in [0, 0.05) is 0 Å². The highest BCUT2D eigenvalue weighted by atomic mass is 14.8. The molecular weight excluding hydrogens is 254 g/mol. The summed E-state index contributed by atoms with van der Waals surface area (Å²) in [6, 6.07) is 4.88. The maximum Gasteiger partial charge on any atom is -0.00172 e. The van der Waals surface area contributed by atoms with E-state index in [0.717, 1.165) is 13.0 Å². The Morgan fingerprint density at radius 1 is 1.05 bits per heavy atom. The van der Waals surface area contributed by atoms with Gasteiger partial charge in [0.05, 0.1) is 0 Å². The van der Waals surface area contributed by atoms with Crippen molar-refractivity contribution < 1.29 is 0 Å². The van der Waals surface area contributed by atoms with Crippen molar-refractivity contribution in [3.8, 4) is 0 Å². The number of hydrogen-bond acceptors (Lipinski definition) is 1. The number of benzene rings is 1. The van der Waals surface area contributed by atoms with Crippen LogP contribution >= 0.6 is 0 Å².